The molecule has 0 radical (unpaired) electrons. The minimum absolute atomic E-state index is 0.623. The molecule has 0 saturated carbocycles. The zero-order valence-electron chi connectivity index (χ0n) is 12.8. The van der Waals surface area contributed by atoms with Crippen LogP contribution in [-0.2, 0) is 6.42 Å². The molecule has 2 rings (SSSR count). The molecule has 0 amide bonds. The zero-order chi connectivity index (χ0) is 15.4. The van der Waals surface area contributed by atoms with Crippen LogP contribution in [0.25, 0.3) is 0 Å². The van der Waals surface area contributed by atoms with Crippen molar-refractivity contribution in [1.82, 2.24) is 9.97 Å². The quantitative estimate of drug-likeness (QED) is 0.853. The van der Waals surface area contributed by atoms with Crippen molar-refractivity contribution >= 4 is 21.7 Å². The maximum Gasteiger partial charge on any atom is 0.227 e. The van der Waals surface area contributed by atoms with E-state index in [2.05, 4.69) is 52.0 Å². The Balaban J connectivity index is 2.39. The summed E-state index contributed by atoms with van der Waals surface area (Å²) in [5, 5.41) is 3.10. The number of halogens is 1. The van der Waals surface area contributed by atoms with Gasteiger partial charge in [-0.2, -0.15) is 0 Å². The van der Waals surface area contributed by atoms with Gasteiger partial charge in [-0.1, -0.05) is 29.3 Å². The van der Waals surface area contributed by atoms with Crippen molar-refractivity contribution in [2.75, 3.05) is 12.4 Å². The number of benzene rings is 1. The van der Waals surface area contributed by atoms with Crippen molar-refractivity contribution in [3.63, 3.8) is 0 Å². The summed E-state index contributed by atoms with van der Waals surface area (Å²) in [6.45, 7) is 6.23. The molecule has 112 valence electrons. The summed E-state index contributed by atoms with van der Waals surface area (Å²) in [4.78, 5) is 8.56. The van der Waals surface area contributed by atoms with Gasteiger partial charge in [-0.25, -0.2) is 9.97 Å². The Hall–Kier alpha value is -1.62. The number of anilines is 1. The van der Waals surface area contributed by atoms with Crippen LogP contribution < -0.4 is 10.1 Å². The molecular weight excluding hydrogens is 330 g/mol. The predicted octanol–water partition coefficient (Wildman–Crippen LogP) is 4.64. The molecule has 0 aliphatic carbocycles. The number of nitrogens with one attached hydrogen (secondary N) is 1. The Labute approximate surface area is 134 Å². The highest BCUT2D eigenvalue weighted by Gasteiger charge is 2.13. The summed E-state index contributed by atoms with van der Waals surface area (Å²) < 4.78 is 7.12. The number of hydrogen-bond donors (Lipinski definition) is 1. The first-order chi connectivity index (χ1) is 10.1. The van der Waals surface area contributed by atoms with Crippen molar-refractivity contribution in [1.29, 1.82) is 0 Å². The molecule has 5 heteroatoms. The third kappa shape index (κ3) is 3.53. The van der Waals surface area contributed by atoms with Crippen LogP contribution in [0.1, 0.15) is 30.0 Å². The van der Waals surface area contributed by atoms with Gasteiger partial charge in [0.15, 0.2) is 0 Å². The van der Waals surface area contributed by atoms with Crippen molar-refractivity contribution in [3.8, 4) is 11.6 Å². The van der Waals surface area contributed by atoms with E-state index in [1.807, 2.05) is 19.2 Å². The predicted molar refractivity (Wildman–Crippen MR) is 89.3 cm³/mol. The second-order valence-corrected chi connectivity index (χ2v) is 5.77. The summed E-state index contributed by atoms with van der Waals surface area (Å²) in [5.41, 5.74) is 3.30. The molecule has 21 heavy (non-hydrogen) atoms. The molecule has 0 atom stereocenters. The standard InChI is InChI=1S/C16H20BrN3O/c1-5-6-13-15(18-4)19-9-20-16(13)21-12-7-10(2)14(17)11(3)8-12/h7-9H,5-6H2,1-4H3,(H,18,19,20). The SMILES string of the molecule is CCCc1c(NC)ncnc1Oc1cc(C)c(Br)c(C)c1. The highest BCUT2D eigenvalue weighted by Crippen LogP contribution is 2.31. The van der Waals surface area contributed by atoms with Crippen molar-refractivity contribution < 1.29 is 4.74 Å². The number of aromatic nitrogens is 2. The summed E-state index contributed by atoms with van der Waals surface area (Å²) >= 11 is 3.57. The second kappa shape index (κ2) is 6.89. The fraction of sp³-hybridized carbons (Fsp3) is 0.375. The van der Waals surface area contributed by atoms with Crippen LogP contribution in [0.4, 0.5) is 5.82 Å². The summed E-state index contributed by atoms with van der Waals surface area (Å²) in [7, 11) is 1.86. The van der Waals surface area contributed by atoms with Crippen LogP contribution >= 0.6 is 15.9 Å². The normalized spacial score (nSPS) is 10.5. The lowest BCUT2D eigenvalue weighted by atomic mass is 10.1. The van der Waals surface area contributed by atoms with Gasteiger partial charge in [0.1, 0.15) is 17.9 Å². The Morgan fingerprint density at radius 3 is 2.43 bits per heavy atom. The Morgan fingerprint density at radius 2 is 1.86 bits per heavy atom. The van der Waals surface area contributed by atoms with Crippen LogP contribution in [0.2, 0.25) is 0 Å². The van der Waals surface area contributed by atoms with Gasteiger partial charge in [0.25, 0.3) is 0 Å². The zero-order valence-corrected chi connectivity index (χ0v) is 14.4. The molecule has 0 spiro atoms. The topological polar surface area (TPSA) is 47.0 Å². The largest absolute Gasteiger partial charge is 0.439 e. The molecule has 1 heterocycles. The van der Waals surface area contributed by atoms with E-state index in [4.69, 9.17) is 4.74 Å². The highest BCUT2D eigenvalue weighted by molar-refractivity contribution is 9.10. The van der Waals surface area contributed by atoms with E-state index < -0.39 is 0 Å². The smallest absolute Gasteiger partial charge is 0.227 e. The van der Waals surface area contributed by atoms with Crippen LogP contribution in [0.5, 0.6) is 11.6 Å². The van der Waals surface area contributed by atoms with Crippen LogP contribution in [0, 0.1) is 13.8 Å². The molecule has 0 aliphatic heterocycles. The molecule has 0 fully saturated rings. The van der Waals surface area contributed by atoms with E-state index in [1.54, 1.807) is 0 Å². The van der Waals surface area contributed by atoms with E-state index in [-0.39, 0.29) is 0 Å². The number of nitrogens with zero attached hydrogens (tertiary/aromatic N) is 2. The van der Waals surface area contributed by atoms with E-state index in [0.29, 0.717) is 5.88 Å². The van der Waals surface area contributed by atoms with Gasteiger partial charge in [-0.05, 0) is 43.5 Å². The number of aryl methyl sites for hydroxylation is 2. The molecule has 0 saturated heterocycles. The van der Waals surface area contributed by atoms with Crippen molar-refractivity contribution in [3.05, 3.63) is 39.6 Å². The first-order valence-corrected chi connectivity index (χ1v) is 7.82. The Bertz CT molecular complexity index is 620. The number of hydrogen-bond acceptors (Lipinski definition) is 4. The highest BCUT2D eigenvalue weighted by atomic mass is 79.9. The van der Waals surface area contributed by atoms with Gasteiger partial charge in [0.2, 0.25) is 5.88 Å². The van der Waals surface area contributed by atoms with E-state index in [9.17, 15) is 0 Å². The molecule has 0 aliphatic rings. The molecule has 1 aromatic carbocycles. The van der Waals surface area contributed by atoms with Gasteiger partial charge in [-0.15, -0.1) is 0 Å². The maximum atomic E-state index is 6.01. The third-order valence-electron chi connectivity index (χ3n) is 3.27. The van der Waals surface area contributed by atoms with Gasteiger partial charge in [0.05, 0.1) is 5.56 Å². The summed E-state index contributed by atoms with van der Waals surface area (Å²) in [6, 6.07) is 4.02. The molecule has 4 nitrogen and oxygen atoms in total. The first-order valence-electron chi connectivity index (χ1n) is 7.03. The van der Waals surface area contributed by atoms with Crippen molar-refractivity contribution in [2.24, 2.45) is 0 Å². The van der Waals surface area contributed by atoms with Crippen LogP contribution in [-0.4, -0.2) is 17.0 Å². The first kappa shape index (κ1) is 15.8. The average Bonchev–Trinajstić information content (AvgIpc) is 2.46. The average molecular weight is 350 g/mol. The second-order valence-electron chi connectivity index (χ2n) is 4.98. The maximum absolute atomic E-state index is 6.01. The van der Waals surface area contributed by atoms with Crippen LogP contribution in [0.3, 0.4) is 0 Å². The van der Waals surface area contributed by atoms with E-state index in [1.165, 1.54) is 6.33 Å². The molecule has 1 N–H and O–H groups in total. The van der Waals surface area contributed by atoms with Gasteiger partial charge in [0, 0.05) is 11.5 Å². The lowest BCUT2D eigenvalue weighted by molar-refractivity contribution is 0.453. The molecule has 0 unspecified atom stereocenters. The van der Waals surface area contributed by atoms with Crippen LogP contribution in [0.15, 0.2) is 22.9 Å². The van der Waals surface area contributed by atoms with E-state index >= 15 is 0 Å². The molecule has 1 aromatic heterocycles. The van der Waals surface area contributed by atoms with Gasteiger partial charge >= 0.3 is 0 Å². The lowest BCUT2D eigenvalue weighted by Crippen LogP contribution is -2.03. The third-order valence-corrected chi connectivity index (χ3v) is 4.52. The van der Waals surface area contributed by atoms with Crippen molar-refractivity contribution in [2.45, 2.75) is 33.6 Å². The fourth-order valence-corrected chi connectivity index (χ4v) is 2.48. The lowest BCUT2D eigenvalue weighted by Gasteiger charge is -2.14. The summed E-state index contributed by atoms with van der Waals surface area (Å²) in [5.74, 6) is 2.25. The van der Waals surface area contributed by atoms with E-state index in [0.717, 1.165) is 45.6 Å². The monoisotopic (exact) mass is 349 g/mol. The molecule has 0 bridgehead atoms. The molecule has 2 aromatic rings. The minimum Gasteiger partial charge on any atom is -0.439 e. The summed E-state index contributed by atoms with van der Waals surface area (Å²) in [6.07, 6.45) is 3.41. The minimum atomic E-state index is 0.623. The number of rotatable bonds is 5. The molecular formula is C16H20BrN3O. The fourth-order valence-electron chi connectivity index (χ4n) is 2.25. The number of ether oxygens (including phenoxy) is 1. The Kier molecular flexibility index (Phi) is 5.17. The Morgan fingerprint density at radius 1 is 1.19 bits per heavy atom. The van der Waals surface area contributed by atoms with Gasteiger partial charge < -0.3 is 10.1 Å². The van der Waals surface area contributed by atoms with Gasteiger partial charge in [-0.3, -0.25) is 0 Å².